The van der Waals surface area contributed by atoms with E-state index in [1.165, 1.54) is 4.90 Å². The maximum atomic E-state index is 10.6. The highest BCUT2D eigenvalue weighted by atomic mass is 16.5. The van der Waals surface area contributed by atoms with Crippen molar-refractivity contribution < 1.29 is 19.4 Å². The van der Waals surface area contributed by atoms with Crippen molar-refractivity contribution in [2.24, 2.45) is 5.11 Å². The highest BCUT2D eigenvalue weighted by Gasteiger charge is 2.25. The second kappa shape index (κ2) is 7.72. The molecule has 0 aromatic carbocycles. The standard InChI is InChI=1S/C9H16N4O4/c10-12-11-2-4-16-5-6-17-8-1-3-13(7-8)9(14)15/h8H,1-7H2,(H,14,15)/t8-/m1/s1. The van der Waals surface area contributed by atoms with Gasteiger partial charge in [0.15, 0.2) is 0 Å². The molecule has 1 heterocycles. The van der Waals surface area contributed by atoms with E-state index in [4.69, 9.17) is 20.1 Å². The Hall–Kier alpha value is -1.50. The molecule has 1 atom stereocenters. The first kappa shape index (κ1) is 13.6. The van der Waals surface area contributed by atoms with Crippen LogP contribution in [0.2, 0.25) is 0 Å². The van der Waals surface area contributed by atoms with Crippen LogP contribution in [-0.4, -0.2) is 61.7 Å². The van der Waals surface area contributed by atoms with E-state index in [0.717, 1.165) is 6.42 Å². The van der Waals surface area contributed by atoms with E-state index >= 15 is 0 Å². The molecule has 0 aromatic heterocycles. The zero-order chi connectivity index (χ0) is 12.5. The first-order valence-electron chi connectivity index (χ1n) is 5.42. The third kappa shape index (κ3) is 5.39. The maximum absolute atomic E-state index is 10.6. The maximum Gasteiger partial charge on any atom is 0.407 e. The van der Waals surface area contributed by atoms with Crippen molar-refractivity contribution in [1.29, 1.82) is 0 Å². The normalized spacial score (nSPS) is 19.1. The highest BCUT2D eigenvalue weighted by Crippen LogP contribution is 2.12. The average Bonchev–Trinajstić information content (AvgIpc) is 2.77. The van der Waals surface area contributed by atoms with Gasteiger partial charge in [-0.2, -0.15) is 0 Å². The van der Waals surface area contributed by atoms with Gasteiger partial charge >= 0.3 is 6.09 Å². The Morgan fingerprint density at radius 3 is 3.00 bits per heavy atom. The van der Waals surface area contributed by atoms with Gasteiger partial charge in [0.05, 0.1) is 32.5 Å². The number of azide groups is 1. The third-order valence-corrected chi connectivity index (χ3v) is 2.40. The zero-order valence-electron chi connectivity index (χ0n) is 9.49. The second-order valence-electron chi connectivity index (χ2n) is 3.58. The molecular weight excluding hydrogens is 228 g/mol. The number of carboxylic acid groups (broad SMARTS) is 1. The topological polar surface area (TPSA) is 108 Å². The van der Waals surface area contributed by atoms with E-state index in [-0.39, 0.29) is 6.10 Å². The number of ether oxygens (including phenoxy) is 2. The van der Waals surface area contributed by atoms with Crippen LogP contribution in [0.1, 0.15) is 6.42 Å². The number of nitrogens with zero attached hydrogens (tertiary/aromatic N) is 4. The predicted octanol–water partition coefficient (Wildman–Crippen LogP) is 1.08. The summed E-state index contributed by atoms with van der Waals surface area (Å²) >= 11 is 0. The van der Waals surface area contributed by atoms with Gasteiger partial charge in [0, 0.05) is 18.0 Å². The van der Waals surface area contributed by atoms with Crippen LogP contribution in [-0.2, 0) is 9.47 Å². The number of carbonyl (C=O) groups is 1. The summed E-state index contributed by atoms with van der Waals surface area (Å²) in [6.07, 6.45) is -0.209. The van der Waals surface area contributed by atoms with Gasteiger partial charge in [-0.3, -0.25) is 0 Å². The molecule has 1 saturated heterocycles. The molecule has 1 aliphatic heterocycles. The average molecular weight is 244 g/mol. The molecule has 0 bridgehead atoms. The molecule has 1 rings (SSSR count). The van der Waals surface area contributed by atoms with E-state index in [1.807, 2.05) is 0 Å². The number of hydrogen-bond donors (Lipinski definition) is 1. The van der Waals surface area contributed by atoms with Crippen LogP contribution >= 0.6 is 0 Å². The van der Waals surface area contributed by atoms with Gasteiger partial charge < -0.3 is 19.5 Å². The number of rotatable bonds is 7. The quantitative estimate of drug-likeness (QED) is 0.313. The first-order valence-corrected chi connectivity index (χ1v) is 5.42. The van der Waals surface area contributed by atoms with E-state index in [2.05, 4.69) is 10.0 Å². The Kier molecular flexibility index (Phi) is 6.16. The Morgan fingerprint density at radius 2 is 2.35 bits per heavy atom. The summed E-state index contributed by atoms with van der Waals surface area (Å²) in [6, 6.07) is 0. The van der Waals surface area contributed by atoms with Crippen LogP contribution in [0.15, 0.2) is 5.11 Å². The minimum absolute atomic E-state index is 0.0353. The van der Waals surface area contributed by atoms with Crippen molar-refractivity contribution in [3.8, 4) is 0 Å². The lowest BCUT2D eigenvalue weighted by molar-refractivity contribution is 0.0112. The summed E-state index contributed by atoms with van der Waals surface area (Å²) < 4.78 is 10.6. The van der Waals surface area contributed by atoms with Gasteiger partial charge in [0.1, 0.15) is 0 Å². The van der Waals surface area contributed by atoms with Crippen LogP contribution in [0, 0.1) is 0 Å². The van der Waals surface area contributed by atoms with Gasteiger partial charge in [-0.1, -0.05) is 5.11 Å². The SMILES string of the molecule is [N-]=[N+]=NCCOCCO[C@@H]1CCN(C(=O)O)C1. The monoisotopic (exact) mass is 244 g/mol. The number of hydrogen-bond acceptors (Lipinski definition) is 4. The fourth-order valence-corrected chi connectivity index (χ4v) is 1.56. The highest BCUT2D eigenvalue weighted by molar-refractivity contribution is 5.65. The van der Waals surface area contributed by atoms with Crippen molar-refractivity contribution >= 4 is 6.09 Å². The minimum atomic E-state index is -0.901. The van der Waals surface area contributed by atoms with Crippen LogP contribution in [0.25, 0.3) is 10.4 Å². The van der Waals surface area contributed by atoms with Crippen molar-refractivity contribution in [2.45, 2.75) is 12.5 Å². The molecule has 8 nitrogen and oxygen atoms in total. The molecule has 1 amide bonds. The summed E-state index contributed by atoms with van der Waals surface area (Å²) in [6.45, 7) is 2.48. The molecule has 0 saturated carbocycles. The fraction of sp³-hybridized carbons (Fsp3) is 0.889. The molecule has 0 unspecified atom stereocenters. The lowest BCUT2D eigenvalue weighted by Gasteiger charge is -2.13. The Morgan fingerprint density at radius 1 is 1.53 bits per heavy atom. The van der Waals surface area contributed by atoms with Gasteiger partial charge in [-0.15, -0.1) is 0 Å². The smallest absolute Gasteiger partial charge is 0.407 e. The predicted molar refractivity (Wildman–Crippen MR) is 58.8 cm³/mol. The Labute approximate surface area is 98.7 Å². The minimum Gasteiger partial charge on any atom is -0.465 e. The zero-order valence-corrected chi connectivity index (χ0v) is 9.49. The molecule has 0 aromatic rings. The summed E-state index contributed by atoms with van der Waals surface area (Å²) in [5.74, 6) is 0. The summed E-state index contributed by atoms with van der Waals surface area (Å²) in [4.78, 5) is 14.6. The molecule has 0 radical (unpaired) electrons. The molecule has 17 heavy (non-hydrogen) atoms. The largest absolute Gasteiger partial charge is 0.465 e. The summed E-state index contributed by atoms with van der Waals surface area (Å²) in [5, 5.41) is 12.0. The van der Waals surface area contributed by atoms with Crippen LogP contribution in [0.4, 0.5) is 4.79 Å². The molecule has 0 spiro atoms. The number of amides is 1. The van der Waals surface area contributed by atoms with Crippen molar-refractivity contribution in [3.05, 3.63) is 10.4 Å². The van der Waals surface area contributed by atoms with Gasteiger partial charge in [-0.05, 0) is 12.0 Å². The lowest BCUT2D eigenvalue weighted by Crippen LogP contribution is -2.28. The van der Waals surface area contributed by atoms with E-state index in [0.29, 0.717) is 39.5 Å². The van der Waals surface area contributed by atoms with E-state index < -0.39 is 6.09 Å². The third-order valence-electron chi connectivity index (χ3n) is 2.40. The first-order chi connectivity index (χ1) is 8.24. The Bertz CT molecular complexity index is 293. The molecule has 8 heteroatoms. The van der Waals surface area contributed by atoms with Gasteiger partial charge in [0.2, 0.25) is 0 Å². The number of likely N-dealkylation sites (tertiary alicyclic amines) is 1. The van der Waals surface area contributed by atoms with E-state index in [1.54, 1.807) is 0 Å². The van der Waals surface area contributed by atoms with Gasteiger partial charge in [-0.25, -0.2) is 4.79 Å². The molecule has 1 N–H and O–H groups in total. The molecule has 1 aliphatic rings. The second-order valence-corrected chi connectivity index (χ2v) is 3.58. The van der Waals surface area contributed by atoms with Crippen LogP contribution in [0.3, 0.4) is 0 Å². The van der Waals surface area contributed by atoms with Crippen molar-refractivity contribution in [3.63, 3.8) is 0 Å². The van der Waals surface area contributed by atoms with Crippen LogP contribution < -0.4 is 0 Å². The summed E-state index contributed by atoms with van der Waals surface area (Å²) in [7, 11) is 0. The fourth-order valence-electron chi connectivity index (χ4n) is 1.56. The Balaban J connectivity index is 1.97. The molecular formula is C9H16N4O4. The summed E-state index contributed by atoms with van der Waals surface area (Å²) in [5.41, 5.74) is 8.01. The van der Waals surface area contributed by atoms with Gasteiger partial charge in [0.25, 0.3) is 0 Å². The van der Waals surface area contributed by atoms with Crippen molar-refractivity contribution in [2.75, 3.05) is 39.5 Å². The molecule has 1 fully saturated rings. The lowest BCUT2D eigenvalue weighted by atomic mass is 10.3. The molecule has 0 aliphatic carbocycles. The van der Waals surface area contributed by atoms with E-state index in [9.17, 15) is 4.79 Å². The van der Waals surface area contributed by atoms with Crippen molar-refractivity contribution in [1.82, 2.24) is 4.90 Å². The van der Waals surface area contributed by atoms with Crippen LogP contribution in [0.5, 0.6) is 0 Å². The molecule has 96 valence electrons.